The van der Waals surface area contributed by atoms with Gasteiger partial charge in [0.2, 0.25) is 15.9 Å². The Hall–Kier alpha value is -0.740. The summed E-state index contributed by atoms with van der Waals surface area (Å²) in [7, 11) is -3.14. The van der Waals surface area contributed by atoms with Gasteiger partial charge < -0.3 is 10.8 Å². The van der Waals surface area contributed by atoms with Crippen molar-refractivity contribution in [3.05, 3.63) is 0 Å². The molecule has 3 aliphatic heterocycles. The number of carbonyl (C=O) groups is 1. The minimum atomic E-state index is -3.14. The van der Waals surface area contributed by atoms with Crippen molar-refractivity contribution < 1.29 is 18.3 Å². The lowest BCUT2D eigenvalue weighted by Gasteiger charge is -2.44. The fourth-order valence-corrected chi connectivity index (χ4v) is 5.62. The van der Waals surface area contributed by atoms with E-state index in [4.69, 9.17) is 5.73 Å². The topological polar surface area (TPSA) is 107 Å². The first kappa shape index (κ1) is 19.0. The van der Waals surface area contributed by atoms with Crippen LogP contribution in [0.2, 0.25) is 0 Å². The molecule has 3 aliphatic rings. The van der Waals surface area contributed by atoms with Crippen LogP contribution in [-0.4, -0.2) is 96.7 Å². The van der Waals surface area contributed by atoms with Gasteiger partial charge in [-0.2, -0.15) is 4.31 Å². The minimum absolute atomic E-state index is 0.260. The van der Waals surface area contributed by atoms with Crippen molar-refractivity contribution in [2.24, 2.45) is 5.73 Å². The van der Waals surface area contributed by atoms with Crippen LogP contribution in [0.1, 0.15) is 32.1 Å². The fourth-order valence-electron chi connectivity index (χ4n) is 4.79. The molecule has 0 radical (unpaired) electrons. The van der Waals surface area contributed by atoms with Crippen LogP contribution in [0.4, 0.5) is 0 Å². The Kier molecular flexibility index (Phi) is 5.41. The zero-order chi connectivity index (χ0) is 18.2. The number of fused-ring (bicyclic) bond motifs is 2. The number of carbonyl (C=O) groups excluding carboxylic acids is 1. The van der Waals surface area contributed by atoms with Crippen LogP contribution in [0.3, 0.4) is 0 Å². The Labute approximate surface area is 150 Å². The average molecular weight is 375 g/mol. The Morgan fingerprint density at radius 1 is 1.20 bits per heavy atom. The Bertz CT molecular complexity index is 601. The van der Waals surface area contributed by atoms with Crippen LogP contribution in [0.15, 0.2) is 0 Å². The van der Waals surface area contributed by atoms with Crippen LogP contribution in [0.5, 0.6) is 0 Å². The molecule has 8 nitrogen and oxygen atoms in total. The van der Waals surface area contributed by atoms with Gasteiger partial charge in [0.15, 0.2) is 0 Å². The SMILES string of the molecule is CS(=O)(=O)N1CCN(C[C@H](O)CN2[C@@H]3CCC[C@@]2(C(N)=O)CC3)CC1. The van der Waals surface area contributed by atoms with Gasteiger partial charge in [-0.3, -0.25) is 14.6 Å². The van der Waals surface area contributed by atoms with E-state index in [-0.39, 0.29) is 5.91 Å². The molecule has 9 heteroatoms. The molecule has 25 heavy (non-hydrogen) atoms. The van der Waals surface area contributed by atoms with E-state index in [1.54, 1.807) is 0 Å². The molecule has 0 unspecified atom stereocenters. The number of primary amides is 1. The van der Waals surface area contributed by atoms with E-state index in [1.807, 2.05) is 0 Å². The first-order valence-corrected chi connectivity index (χ1v) is 11.0. The zero-order valence-electron chi connectivity index (χ0n) is 14.9. The molecule has 144 valence electrons. The smallest absolute Gasteiger partial charge is 0.237 e. The molecule has 0 aliphatic carbocycles. The summed E-state index contributed by atoms with van der Waals surface area (Å²) in [6.45, 7) is 3.12. The maximum Gasteiger partial charge on any atom is 0.237 e. The van der Waals surface area contributed by atoms with Crippen molar-refractivity contribution in [1.29, 1.82) is 0 Å². The summed E-state index contributed by atoms with van der Waals surface area (Å²) < 4.78 is 24.6. The number of piperidine rings is 1. The molecule has 0 aromatic carbocycles. The molecule has 3 atom stereocenters. The molecule has 1 amide bonds. The van der Waals surface area contributed by atoms with Crippen LogP contribution < -0.4 is 5.73 Å². The van der Waals surface area contributed by atoms with Gasteiger partial charge in [-0.05, 0) is 32.1 Å². The van der Waals surface area contributed by atoms with Gasteiger partial charge in [-0.15, -0.1) is 0 Å². The molecular weight excluding hydrogens is 344 g/mol. The molecule has 0 aromatic heterocycles. The maximum atomic E-state index is 12.1. The minimum Gasteiger partial charge on any atom is -0.390 e. The number of piperazine rings is 1. The van der Waals surface area contributed by atoms with Crippen LogP contribution >= 0.6 is 0 Å². The predicted molar refractivity (Wildman–Crippen MR) is 94.4 cm³/mol. The van der Waals surface area contributed by atoms with Crippen molar-refractivity contribution in [2.75, 3.05) is 45.5 Å². The van der Waals surface area contributed by atoms with Crippen molar-refractivity contribution in [1.82, 2.24) is 14.1 Å². The summed E-state index contributed by atoms with van der Waals surface area (Å²) in [6, 6.07) is 0.345. The Morgan fingerprint density at radius 3 is 2.48 bits per heavy atom. The average Bonchev–Trinajstić information content (AvgIpc) is 2.74. The van der Waals surface area contributed by atoms with Crippen molar-refractivity contribution in [2.45, 2.75) is 49.8 Å². The highest BCUT2D eigenvalue weighted by molar-refractivity contribution is 7.88. The van der Waals surface area contributed by atoms with Gasteiger partial charge in [0.05, 0.1) is 12.4 Å². The van der Waals surface area contributed by atoms with Gasteiger partial charge in [0, 0.05) is 45.3 Å². The summed E-state index contributed by atoms with van der Waals surface area (Å²) in [6.07, 6.45) is 5.31. The number of β-amino-alcohol motifs (C(OH)–C–C–N with tert-alkyl or cyclic N) is 1. The lowest BCUT2D eigenvalue weighted by atomic mass is 9.87. The molecule has 0 saturated carbocycles. The van der Waals surface area contributed by atoms with E-state index in [0.717, 1.165) is 32.1 Å². The summed E-state index contributed by atoms with van der Waals surface area (Å²) >= 11 is 0. The normalized spacial score (nSPS) is 33.4. The molecule has 0 spiro atoms. The third-order valence-electron chi connectivity index (χ3n) is 6.14. The summed E-state index contributed by atoms with van der Waals surface area (Å²) in [5.41, 5.74) is 5.14. The lowest BCUT2D eigenvalue weighted by Crippen LogP contribution is -2.60. The molecule has 3 rings (SSSR count). The highest BCUT2D eigenvalue weighted by Gasteiger charge is 2.52. The number of sulfonamides is 1. The highest BCUT2D eigenvalue weighted by atomic mass is 32.2. The van der Waals surface area contributed by atoms with E-state index in [9.17, 15) is 18.3 Å². The Balaban J connectivity index is 1.55. The Morgan fingerprint density at radius 2 is 1.88 bits per heavy atom. The summed E-state index contributed by atoms with van der Waals surface area (Å²) in [5, 5.41) is 10.6. The molecular formula is C16H30N4O4S. The van der Waals surface area contributed by atoms with Crippen molar-refractivity contribution in [3.8, 4) is 0 Å². The van der Waals surface area contributed by atoms with E-state index in [2.05, 4.69) is 9.80 Å². The number of aliphatic hydroxyl groups is 1. The van der Waals surface area contributed by atoms with E-state index >= 15 is 0 Å². The van der Waals surface area contributed by atoms with Crippen LogP contribution in [0, 0.1) is 0 Å². The zero-order valence-corrected chi connectivity index (χ0v) is 15.7. The number of amides is 1. The van der Waals surface area contributed by atoms with Crippen LogP contribution in [-0.2, 0) is 14.8 Å². The number of nitrogens with zero attached hydrogens (tertiary/aromatic N) is 3. The van der Waals surface area contributed by atoms with Gasteiger partial charge >= 0.3 is 0 Å². The van der Waals surface area contributed by atoms with Crippen LogP contribution in [0.25, 0.3) is 0 Å². The molecule has 3 N–H and O–H groups in total. The second-order valence-electron chi connectivity index (χ2n) is 7.75. The summed E-state index contributed by atoms with van der Waals surface area (Å²) in [5.74, 6) is -0.260. The van der Waals surface area contributed by atoms with Crippen molar-refractivity contribution in [3.63, 3.8) is 0 Å². The van der Waals surface area contributed by atoms with Gasteiger partial charge in [0.1, 0.15) is 5.54 Å². The molecule has 3 saturated heterocycles. The second kappa shape index (κ2) is 7.11. The predicted octanol–water partition coefficient (Wildman–Crippen LogP) is -1.20. The van der Waals surface area contributed by atoms with Gasteiger partial charge in [-0.1, -0.05) is 0 Å². The van der Waals surface area contributed by atoms with Crippen molar-refractivity contribution >= 4 is 15.9 Å². The first-order chi connectivity index (χ1) is 11.7. The third-order valence-corrected chi connectivity index (χ3v) is 7.45. The molecule has 3 fully saturated rings. The molecule has 3 heterocycles. The number of hydrogen-bond acceptors (Lipinski definition) is 6. The number of rotatable bonds is 6. The fraction of sp³-hybridized carbons (Fsp3) is 0.938. The highest BCUT2D eigenvalue weighted by Crippen LogP contribution is 2.43. The quantitative estimate of drug-likeness (QED) is 0.605. The standard InChI is InChI=1S/C16H30N4O4S/c1-25(23,24)19-9-7-18(8-10-19)11-14(21)12-20-13-3-2-5-16(20,6-4-13)15(17)22/h13-14,21H,2-12H2,1H3,(H2,17,22)/t13-,14+,16+/m1/s1. The largest absolute Gasteiger partial charge is 0.390 e. The summed E-state index contributed by atoms with van der Waals surface area (Å²) in [4.78, 5) is 16.3. The number of aliphatic hydroxyl groups excluding tert-OH is 1. The van der Waals surface area contributed by atoms with Gasteiger partial charge in [-0.25, -0.2) is 8.42 Å². The lowest BCUT2D eigenvalue weighted by molar-refractivity contribution is -0.132. The third kappa shape index (κ3) is 3.85. The first-order valence-electron chi connectivity index (χ1n) is 9.14. The molecule has 0 aromatic rings. The van der Waals surface area contributed by atoms with Gasteiger partial charge in [0.25, 0.3) is 0 Å². The van der Waals surface area contributed by atoms with E-state index in [0.29, 0.717) is 45.3 Å². The maximum absolute atomic E-state index is 12.1. The van der Waals surface area contributed by atoms with E-state index < -0.39 is 21.7 Å². The molecule has 2 bridgehead atoms. The number of hydrogen-bond donors (Lipinski definition) is 2. The monoisotopic (exact) mass is 374 g/mol. The second-order valence-corrected chi connectivity index (χ2v) is 9.73. The number of nitrogens with two attached hydrogens (primary N) is 1. The van der Waals surface area contributed by atoms with E-state index in [1.165, 1.54) is 10.6 Å².